The van der Waals surface area contributed by atoms with Crippen LogP contribution in [0.25, 0.3) is 0 Å². The summed E-state index contributed by atoms with van der Waals surface area (Å²) in [6.45, 7) is 0.142. The number of halogens is 1. The molecular weight excluding hydrogens is 228 g/mol. The summed E-state index contributed by atoms with van der Waals surface area (Å²) >= 11 is 3.18. The molecule has 0 rings (SSSR count). The predicted molar refractivity (Wildman–Crippen MR) is 47.0 cm³/mol. The van der Waals surface area contributed by atoms with Crippen molar-refractivity contribution in [3.63, 3.8) is 0 Å². The average Bonchev–Trinajstić information content (AvgIpc) is 2.01. The summed E-state index contributed by atoms with van der Waals surface area (Å²) in [6.07, 6.45) is 0.124. The van der Waals surface area contributed by atoms with Crippen molar-refractivity contribution in [2.24, 2.45) is 5.73 Å². The summed E-state index contributed by atoms with van der Waals surface area (Å²) < 4.78 is 4.64. The van der Waals surface area contributed by atoms with E-state index in [2.05, 4.69) is 26.0 Å². The average molecular weight is 239 g/mol. The second kappa shape index (κ2) is 6.90. The number of rotatable bonds is 5. The van der Waals surface area contributed by atoms with Gasteiger partial charge in [0.1, 0.15) is 0 Å². The topological polar surface area (TPSA) is 81.4 Å². The lowest BCUT2D eigenvalue weighted by atomic mass is 10.5. The number of ether oxygens (including phenoxy) is 1. The highest BCUT2D eigenvalue weighted by Crippen LogP contribution is 1.88. The molecule has 0 aliphatic carbocycles. The molecule has 0 radical (unpaired) electrons. The minimum atomic E-state index is -0.616. The molecule has 3 N–H and O–H groups in total. The molecule has 2 amide bonds. The number of nitrogens with two attached hydrogens (primary N) is 1. The fourth-order valence-corrected chi connectivity index (χ4v) is 0.659. The number of nitrogens with one attached hydrogen (secondary N) is 1. The second-order valence-corrected chi connectivity index (χ2v) is 2.79. The van der Waals surface area contributed by atoms with Gasteiger partial charge in [0.15, 0.2) is 0 Å². The van der Waals surface area contributed by atoms with Crippen LogP contribution in [0.4, 0.5) is 4.79 Å². The van der Waals surface area contributed by atoms with E-state index in [1.54, 1.807) is 0 Å². The molecule has 6 heteroatoms. The van der Waals surface area contributed by atoms with Crippen molar-refractivity contribution in [2.45, 2.75) is 6.42 Å². The van der Waals surface area contributed by atoms with Crippen LogP contribution in [0.2, 0.25) is 0 Å². The standard InChI is InChI=1S/C6H11BrN2O3/c7-2-1-3-12-6(11)9-4-5(8)10/h1-4H2,(H2,8,10)(H,9,11). The number of hydrogen-bond acceptors (Lipinski definition) is 3. The van der Waals surface area contributed by atoms with Crippen LogP contribution < -0.4 is 11.1 Å². The Morgan fingerprint density at radius 1 is 1.50 bits per heavy atom. The van der Waals surface area contributed by atoms with E-state index in [9.17, 15) is 9.59 Å². The maximum Gasteiger partial charge on any atom is 0.407 e. The van der Waals surface area contributed by atoms with E-state index in [0.29, 0.717) is 6.61 Å². The third-order valence-corrected chi connectivity index (χ3v) is 1.48. The Bertz CT molecular complexity index is 163. The normalized spacial score (nSPS) is 9.08. The molecule has 0 saturated carbocycles. The minimum absolute atomic E-state index is 0.187. The molecule has 0 bridgehead atoms. The van der Waals surface area contributed by atoms with Crippen LogP contribution in [0, 0.1) is 0 Å². The first kappa shape index (κ1) is 11.2. The van der Waals surface area contributed by atoms with E-state index in [1.807, 2.05) is 0 Å². The van der Waals surface area contributed by atoms with E-state index in [4.69, 9.17) is 5.73 Å². The summed E-state index contributed by atoms with van der Waals surface area (Å²) in [5.74, 6) is -0.590. The van der Waals surface area contributed by atoms with Gasteiger partial charge in [-0.3, -0.25) is 4.79 Å². The van der Waals surface area contributed by atoms with Crippen LogP contribution in [0.5, 0.6) is 0 Å². The maximum absolute atomic E-state index is 10.7. The van der Waals surface area contributed by atoms with Crippen molar-refractivity contribution >= 4 is 27.9 Å². The van der Waals surface area contributed by atoms with E-state index >= 15 is 0 Å². The highest BCUT2D eigenvalue weighted by Gasteiger charge is 2.01. The van der Waals surface area contributed by atoms with Crippen LogP contribution in [-0.2, 0) is 9.53 Å². The fourth-order valence-electron chi connectivity index (χ4n) is 0.430. The molecule has 70 valence electrons. The Morgan fingerprint density at radius 3 is 2.67 bits per heavy atom. The highest BCUT2D eigenvalue weighted by atomic mass is 79.9. The first-order chi connectivity index (χ1) is 5.66. The minimum Gasteiger partial charge on any atom is -0.450 e. The van der Waals surface area contributed by atoms with Gasteiger partial charge in [0.05, 0.1) is 13.2 Å². The van der Waals surface area contributed by atoms with Crippen LogP contribution in [-0.4, -0.2) is 30.5 Å². The highest BCUT2D eigenvalue weighted by molar-refractivity contribution is 9.09. The molecule has 0 aromatic carbocycles. The first-order valence-corrected chi connectivity index (χ1v) is 4.54. The Balaban J connectivity index is 3.28. The van der Waals surface area contributed by atoms with Gasteiger partial charge in [0.25, 0.3) is 0 Å². The van der Waals surface area contributed by atoms with E-state index in [1.165, 1.54) is 0 Å². The lowest BCUT2D eigenvalue weighted by Gasteiger charge is -2.03. The number of alkyl halides is 1. The summed E-state index contributed by atoms with van der Waals surface area (Å²) in [4.78, 5) is 20.8. The molecule has 0 aromatic heterocycles. The Morgan fingerprint density at radius 2 is 2.17 bits per heavy atom. The molecule has 0 spiro atoms. The zero-order chi connectivity index (χ0) is 9.40. The molecule has 5 nitrogen and oxygen atoms in total. The van der Waals surface area contributed by atoms with Gasteiger partial charge in [-0.15, -0.1) is 0 Å². The molecule has 0 atom stereocenters. The van der Waals surface area contributed by atoms with Crippen molar-refractivity contribution in [1.82, 2.24) is 5.32 Å². The number of alkyl carbamates (subject to hydrolysis) is 1. The molecular formula is C6H11BrN2O3. The van der Waals surface area contributed by atoms with Gasteiger partial charge in [-0.2, -0.15) is 0 Å². The Labute approximate surface area is 78.8 Å². The van der Waals surface area contributed by atoms with Crippen LogP contribution in [0.3, 0.4) is 0 Å². The molecule has 0 heterocycles. The SMILES string of the molecule is NC(=O)CNC(=O)OCCCBr. The predicted octanol–water partition coefficient (Wildman–Crippen LogP) is -0.0171. The number of amides is 2. The number of hydrogen-bond donors (Lipinski definition) is 2. The van der Waals surface area contributed by atoms with Gasteiger partial charge in [0.2, 0.25) is 5.91 Å². The van der Waals surface area contributed by atoms with Gasteiger partial charge in [-0.1, -0.05) is 15.9 Å². The Hall–Kier alpha value is -0.780. The van der Waals surface area contributed by atoms with Gasteiger partial charge in [-0.05, 0) is 6.42 Å². The first-order valence-electron chi connectivity index (χ1n) is 3.41. The monoisotopic (exact) mass is 238 g/mol. The van der Waals surface area contributed by atoms with Gasteiger partial charge < -0.3 is 15.8 Å². The number of carbonyl (C=O) groups is 2. The summed E-state index contributed by atoms with van der Waals surface area (Å²) in [6, 6.07) is 0. The largest absolute Gasteiger partial charge is 0.450 e. The zero-order valence-corrected chi connectivity index (χ0v) is 8.09. The molecule has 12 heavy (non-hydrogen) atoms. The van der Waals surface area contributed by atoms with Gasteiger partial charge in [0, 0.05) is 5.33 Å². The summed E-state index contributed by atoms with van der Waals surface area (Å²) in [5.41, 5.74) is 4.78. The molecule has 0 unspecified atom stereocenters. The number of carbonyl (C=O) groups excluding carboxylic acids is 2. The van der Waals surface area contributed by atoms with Crippen molar-refractivity contribution in [3.8, 4) is 0 Å². The van der Waals surface area contributed by atoms with Crippen molar-refractivity contribution in [3.05, 3.63) is 0 Å². The number of primary amides is 1. The molecule has 0 saturated heterocycles. The van der Waals surface area contributed by atoms with Crippen molar-refractivity contribution < 1.29 is 14.3 Å². The molecule has 0 aromatic rings. The van der Waals surface area contributed by atoms with Crippen LogP contribution in [0.15, 0.2) is 0 Å². The second-order valence-electron chi connectivity index (χ2n) is 2.00. The molecule has 0 fully saturated rings. The van der Waals surface area contributed by atoms with E-state index < -0.39 is 12.0 Å². The van der Waals surface area contributed by atoms with Gasteiger partial charge in [-0.25, -0.2) is 4.79 Å². The van der Waals surface area contributed by atoms with Crippen LogP contribution >= 0.6 is 15.9 Å². The van der Waals surface area contributed by atoms with Crippen molar-refractivity contribution in [2.75, 3.05) is 18.5 Å². The third kappa shape index (κ3) is 7.33. The van der Waals surface area contributed by atoms with E-state index in [0.717, 1.165) is 11.8 Å². The Kier molecular flexibility index (Phi) is 6.45. The lowest BCUT2D eigenvalue weighted by molar-refractivity contribution is -0.117. The zero-order valence-electron chi connectivity index (χ0n) is 6.51. The quantitative estimate of drug-likeness (QED) is 0.522. The van der Waals surface area contributed by atoms with Gasteiger partial charge >= 0.3 is 6.09 Å². The lowest BCUT2D eigenvalue weighted by Crippen LogP contribution is -2.33. The van der Waals surface area contributed by atoms with Crippen molar-refractivity contribution in [1.29, 1.82) is 0 Å². The summed E-state index contributed by atoms with van der Waals surface area (Å²) in [7, 11) is 0. The fraction of sp³-hybridized carbons (Fsp3) is 0.667. The van der Waals surface area contributed by atoms with Crippen LogP contribution in [0.1, 0.15) is 6.42 Å². The molecule has 0 aliphatic heterocycles. The third-order valence-electron chi connectivity index (χ3n) is 0.918. The smallest absolute Gasteiger partial charge is 0.407 e. The summed E-state index contributed by atoms with van der Waals surface area (Å²) in [5, 5.41) is 2.96. The van der Waals surface area contributed by atoms with E-state index in [-0.39, 0.29) is 6.54 Å². The maximum atomic E-state index is 10.7. The molecule has 0 aliphatic rings.